The molecule has 24 heavy (non-hydrogen) atoms. The van der Waals surface area contributed by atoms with Crippen LogP contribution < -0.4 is 10.7 Å². The standard InChI is InChI=1S/C18H18BrN3OS/c1-22(18(24)20-13-15-6-3-2-4-7-15)21-17(23)11-10-14-8-5-9-16(19)12-14/h2-12H,13H2,1H3,(H,20,24)(H,21,23)/b11-10+. The second-order valence-corrected chi connectivity index (χ2v) is 6.37. The van der Waals surface area contributed by atoms with Crippen molar-refractivity contribution < 1.29 is 4.79 Å². The number of benzene rings is 2. The summed E-state index contributed by atoms with van der Waals surface area (Å²) in [6.07, 6.45) is 3.21. The molecule has 6 heteroatoms. The summed E-state index contributed by atoms with van der Waals surface area (Å²) in [5, 5.41) is 5.04. The second kappa shape index (κ2) is 9.20. The molecule has 124 valence electrons. The number of nitrogens with one attached hydrogen (secondary N) is 2. The van der Waals surface area contributed by atoms with Gasteiger partial charge in [-0.1, -0.05) is 58.4 Å². The smallest absolute Gasteiger partial charge is 0.262 e. The van der Waals surface area contributed by atoms with Gasteiger partial charge in [0.15, 0.2) is 5.11 Å². The summed E-state index contributed by atoms with van der Waals surface area (Å²) in [5.74, 6) is -0.249. The predicted molar refractivity (Wildman–Crippen MR) is 105 cm³/mol. The van der Waals surface area contributed by atoms with Gasteiger partial charge in [-0.05, 0) is 41.6 Å². The molecule has 2 N–H and O–H groups in total. The third-order valence-corrected chi connectivity index (χ3v) is 4.06. The normalized spacial score (nSPS) is 10.4. The Kier molecular flexibility index (Phi) is 6.96. The van der Waals surface area contributed by atoms with E-state index in [1.165, 1.54) is 11.1 Å². The maximum Gasteiger partial charge on any atom is 0.262 e. The van der Waals surface area contributed by atoms with Crippen molar-refractivity contribution >= 4 is 45.2 Å². The van der Waals surface area contributed by atoms with Gasteiger partial charge < -0.3 is 5.32 Å². The highest BCUT2D eigenvalue weighted by Crippen LogP contribution is 2.12. The van der Waals surface area contributed by atoms with Gasteiger partial charge in [0, 0.05) is 24.1 Å². The number of nitrogens with zero attached hydrogens (tertiary/aromatic N) is 1. The van der Waals surface area contributed by atoms with Crippen LogP contribution in [0.1, 0.15) is 11.1 Å². The quantitative estimate of drug-likeness (QED) is 0.465. The average Bonchev–Trinajstić information content (AvgIpc) is 2.59. The highest BCUT2D eigenvalue weighted by molar-refractivity contribution is 9.10. The van der Waals surface area contributed by atoms with Crippen molar-refractivity contribution in [2.24, 2.45) is 0 Å². The van der Waals surface area contributed by atoms with Gasteiger partial charge in [0.25, 0.3) is 5.91 Å². The van der Waals surface area contributed by atoms with E-state index in [-0.39, 0.29) is 5.91 Å². The Morgan fingerprint density at radius 2 is 1.96 bits per heavy atom. The van der Waals surface area contributed by atoms with Gasteiger partial charge in [-0.25, -0.2) is 0 Å². The molecule has 0 unspecified atom stereocenters. The first-order valence-electron chi connectivity index (χ1n) is 7.34. The van der Waals surface area contributed by atoms with Crippen molar-refractivity contribution in [3.05, 3.63) is 76.3 Å². The molecule has 0 saturated heterocycles. The number of rotatable bonds is 4. The number of thiocarbonyl (C=S) groups is 1. The van der Waals surface area contributed by atoms with Crippen LogP contribution in [0.4, 0.5) is 0 Å². The van der Waals surface area contributed by atoms with Crippen LogP contribution in [0.2, 0.25) is 0 Å². The molecule has 0 aliphatic carbocycles. The molecule has 0 fully saturated rings. The van der Waals surface area contributed by atoms with Gasteiger partial charge in [0.05, 0.1) is 0 Å². The highest BCUT2D eigenvalue weighted by Gasteiger charge is 2.06. The first kappa shape index (κ1) is 18.2. The molecule has 0 aliphatic rings. The number of hydrogen-bond acceptors (Lipinski definition) is 2. The summed E-state index contributed by atoms with van der Waals surface area (Å²) in [4.78, 5) is 12.0. The van der Waals surface area contributed by atoms with Crippen molar-refractivity contribution in [1.82, 2.24) is 15.8 Å². The molecule has 0 heterocycles. The zero-order valence-electron chi connectivity index (χ0n) is 13.2. The lowest BCUT2D eigenvalue weighted by Crippen LogP contribution is -2.47. The van der Waals surface area contributed by atoms with Gasteiger partial charge in [0.2, 0.25) is 0 Å². The summed E-state index contributed by atoms with van der Waals surface area (Å²) in [5.41, 5.74) is 4.75. The molecule has 4 nitrogen and oxygen atoms in total. The molecule has 0 atom stereocenters. The number of amides is 1. The summed E-state index contributed by atoms with van der Waals surface area (Å²) in [7, 11) is 1.70. The summed E-state index contributed by atoms with van der Waals surface area (Å²) < 4.78 is 0.966. The van der Waals surface area contributed by atoms with Gasteiger partial charge in [-0.3, -0.25) is 15.2 Å². The molecule has 0 radical (unpaired) electrons. The minimum absolute atomic E-state index is 0.249. The average molecular weight is 404 g/mol. The number of carbonyl (C=O) groups excluding carboxylic acids is 1. The van der Waals surface area contributed by atoms with Crippen LogP contribution >= 0.6 is 28.1 Å². The molecule has 0 aromatic heterocycles. The van der Waals surface area contributed by atoms with Gasteiger partial charge >= 0.3 is 0 Å². The summed E-state index contributed by atoms with van der Waals surface area (Å²) in [6.45, 7) is 0.605. The van der Waals surface area contributed by atoms with Crippen molar-refractivity contribution in [3.8, 4) is 0 Å². The zero-order valence-corrected chi connectivity index (χ0v) is 15.6. The Morgan fingerprint density at radius 1 is 1.21 bits per heavy atom. The van der Waals surface area contributed by atoms with Crippen molar-refractivity contribution in [2.45, 2.75) is 6.54 Å². The van der Waals surface area contributed by atoms with E-state index in [1.807, 2.05) is 54.6 Å². The molecule has 0 bridgehead atoms. The fourth-order valence-electron chi connectivity index (χ4n) is 1.93. The van der Waals surface area contributed by atoms with Crippen LogP contribution in [0.5, 0.6) is 0 Å². The van der Waals surface area contributed by atoms with E-state index in [2.05, 4.69) is 26.7 Å². The minimum Gasteiger partial charge on any atom is -0.357 e. The second-order valence-electron chi connectivity index (χ2n) is 5.07. The SMILES string of the molecule is CN(NC(=O)/C=C/c1cccc(Br)c1)C(=S)NCc1ccccc1. The van der Waals surface area contributed by atoms with E-state index < -0.39 is 0 Å². The van der Waals surface area contributed by atoms with E-state index in [9.17, 15) is 4.79 Å². The van der Waals surface area contributed by atoms with Gasteiger partial charge in [-0.2, -0.15) is 0 Å². The molecule has 0 saturated carbocycles. The first-order chi connectivity index (χ1) is 11.5. The van der Waals surface area contributed by atoms with Crippen LogP contribution in [-0.4, -0.2) is 23.1 Å². The van der Waals surface area contributed by atoms with E-state index in [0.717, 1.165) is 15.6 Å². The summed E-state index contributed by atoms with van der Waals surface area (Å²) >= 11 is 8.66. The Hall–Kier alpha value is -2.18. The molecule has 0 aliphatic heterocycles. The van der Waals surface area contributed by atoms with E-state index >= 15 is 0 Å². The Bertz CT molecular complexity index is 734. The molecule has 1 amide bonds. The van der Waals surface area contributed by atoms with Gasteiger partial charge in [-0.15, -0.1) is 0 Å². The van der Waals surface area contributed by atoms with Crippen molar-refractivity contribution in [2.75, 3.05) is 7.05 Å². The molecule has 2 rings (SSSR count). The largest absolute Gasteiger partial charge is 0.357 e. The van der Waals surface area contributed by atoms with Crippen molar-refractivity contribution in [3.63, 3.8) is 0 Å². The number of hydrazine groups is 1. The molecular weight excluding hydrogens is 386 g/mol. The highest BCUT2D eigenvalue weighted by atomic mass is 79.9. The van der Waals surface area contributed by atoms with Gasteiger partial charge in [0.1, 0.15) is 0 Å². The van der Waals surface area contributed by atoms with Crippen LogP contribution in [0.3, 0.4) is 0 Å². The Morgan fingerprint density at radius 3 is 2.67 bits per heavy atom. The van der Waals surface area contributed by atoms with Crippen LogP contribution in [-0.2, 0) is 11.3 Å². The predicted octanol–water partition coefficient (Wildman–Crippen LogP) is 3.50. The van der Waals surface area contributed by atoms with Crippen LogP contribution in [0.15, 0.2) is 65.1 Å². The molecule has 2 aromatic carbocycles. The Balaban J connectivity index is 1.81. The lowest BCUT2D eigenvalue weighted by molar-refractivity contribution is -0.119. The summed E-state index contributed by atoms with van der Waals surface area (Å²) in [6, 6.07) is 17.6. The van der Waals surface area contributed by atoms with Crippen molar-refractivity contribution in [1.29, 1.82) is 0 Å². The zero-order chi connectivity index (χ0) is 17.4. The maximum atomic E-state index is 12.0. The third-order valence-electron chi connectivity index (χ3n) is 3.14. The fraction of sp³-hybridized carbons (Fsp3) is 0.111. The first-order valence-corrected chi connectivity index (χ1v) is 8.54. The number of hydrogen-bond donors (Lipinski definition) is 2. The lowest BCUT2D eigenvalue weighted by Gasteiger charge is -2.21. The minimum atomic E-state index is -0.249. The molecule has 0 spiro atoms. The maximum absolute atomic E-state index is 12.0. The van der Waals surface area contributed by atoms with E-state index in [0.29, 0.717) is 11.7 Å². The van der Waals surface area contributed by atoms with Crippen LogP contribution in [0.25, 0.3) is 6.08 Å². The molecular formula is C18H18BrN3OS. The van der Waals surface area contributed by atoms with Crippen LogP contribution in [0, 0.1) is 0 Å². The monoisotopic (exact) mass is 403 g/mol. The Labute approximate surface area is 155 Å². The fourth-order valence-corrected chi connectivity index (χ4v) is 2.46. The number of carbonyl (C=O) groups is 1. The third kappa shape index (κ3) is 6.14. The van der Waals surface area contributed by atoms with E-state index in [1.54, 1.807) is 13.1 Å². The number of halogens is 1. The lowest BCUT2D eigenvalue weighted by atomic mass is 10.2. The van der Waals surface area contributed by atoms with E-state index in [4.69, 9.17) is 12.2 Å². The topological polar surface area (TPSA) is 44.4 Å². The molecule has 2 aromatic rings.